The summed E-state index contributed by atoms with van der Waals surface area (Å²) < 4.78 is 25.2. The van der Waals surface area contributed by atoms with Crippen molar-refractivity contribution in [2.45, 2.75) is 13.8 Å². The Morgan fingerprint density at radius 3 is 1.84 bits per heavy atom. The molecule has 4 aromatic rings. The molecule has 0 radical (unpaired) electrons. The Labute approximate surface area is 221 Å². The van der Waals surface area contributed by atoms with Gasteiger partial charge in [-0.2, -0.15) is 0 Å². The summed E-state index contributed by atoms with van der Waals surface area (Å²) in [7, 11) is 0. The Hall–Kier alpha value is -3.53. The van der Waals surface area contributed by atoms with Gasteiger partial charge >= 0.3 is 94.6 Å². The zero-order valence-corrected chi connectivity index (χ0v) is 22.9. The third-order valence-electron chi connectivity index (χ3n) is 4.29. The van der Waals surface area contributed by atoms with Crippen LogP contribution in [0.1, 0.15) is 24.3 Å². The fraction of sp³-hybridized carbons (Fsp3) is 0.115. The molecule has 3 aromatic carbocycles. The van der Waals surface area contributed by atoms with E-state index in [1.165, 1.54) is 41.5 Å². The van der Waals surface area contributed by atoms with Gasteiger partial charge in [-0.25, -0.2) is 9.78 Å². The predicted octanol–water partition coefficient (Wildman–Crippen LogP) is 4.49. The fourth-order valence-corrected chi connectivity index (χ4v) is 5.29. The van der Waals surface area contributed by atoms with Crippen molar-refractivity contribution in [1.29, 1.82) is 0 Å². The van der Waals surface area contributed by atoms with Crippen molar-refractivity contribution in [1.82, 2.24) is 10.5 Å². The van der Waals surface area contributed by atoms with E-state index in [0.29, 0.717) is 12.3 Å². The molecule has 37 heavy (non-hydrogen) atoms. The summed E-state index contributed by atoms with van der Waals surface area (Å²) in [6.07, 6.45) is 0. The first-order valence-corrected chi connectivity index (χ1v) is 15.2. The van der Waals surface area contributed by atoms with Crippen LogP contribution in [-0.2, 0) is 21.0 Å². The van der Waals surface area contributed by atoms with Crippen molar-refractivity contribution in [2.75, 3.05) is 6.61 Å². The van der Waals surface area contributed by atoms with E-state index in [2.05, 4.69) is 61.2 Å². The smallest absolute Gasteiger partial charge is 0.357 e. The van der Waals surface area contributed by atoms with Gasteiger partial charge in [0.25, 0.3) is 0 Å². The molecule has 9 nitrogen and oxygen atoms in total. The summed E-state index contributed by atoms with van der Waals surface area (Å²) in [5.41, 5.74) is 6.43. The molecule has 0 saturated carbocycles. The monoisotopic (exact) mass is 586 g/mol. The van der Waals surface area contributed by atoms with Crippen LogP contribution in [0, 0.1) is 0 Å². The molecular formula is C26H27AsN2O7S. The Morgan fingerprint density at radius 2 is 1.43 bits per heavy atom. The molecule has 194 valence electrons. The third-order valence-corrected chi connectivity index (χ3v) is 7.97. The van der Waals surface area contributed by atoms with Crippen molar-refractivity contribution >= 4 is 41.7 Å². The van der Waals surface area contributed by atoms with Gasteiger partial charge in [-0.15, -0.1) is 11.3 Å². The molecule has 2 N–H and O–H groups in total. The maximum absolute atomic E-state index is 11.8. The van der Waals surface area contributed by atoms with Crippen LogP contribution in [0.2, 0.25) is 0 Å². The predicted molar refractivity (Wildman–Crippen MR) is 141 cm³/mol. The molecule has 0 aliphatic carbocycles. The van der Waals surface area contributed by atoms with Gasteiger partial charge in [-0.3, -0.25) is 0 Å². The van der Waals surface area contributed by atoms with Gasteiger partial charge in [-0.1, -0.05) is 60.7 Å². The Balaban J connectivity index is 0.000000199. The van der Waals surface area contributed by atoms with E-state index >= 15 is 0 Å². The van der Waals surface area contributed by atoms with E-state index in [0.717, 1.165) is 0 Å². The largest absolute Gasteiger partial charge is 0.461 e. The minimum atomic E-state index is -4.55. The number of benzene rings is 3. The van der Waals surface area contributed by atoms with Crippen molar-refractivity contribution in [3.63, 3.8) is 0 Å². The number of carbonyl (C=O) groups excluding carboxylic acids is 2. The van der Waals surface area contributed by atoms with Crippen molar-refractivity contribution in [2.24, 2.45) is 0 Å². The van der Waals surface area contributed by atoms with E-state index in [4.69, 9.17) is 9.99 Å². The topological polar surface area (TPSA) is 124 Å². The number of carbonyl (C=O) groups is 2. The van der Waals surface area contributed by atoms with Gasteiger partial charge in [0.05, 0.1) is 12.1 Å². The molecule has 0 aliphatic rings. The minimum absolute atomic E-state index is 0.201. The Kier molecular flexibility index (Phi) is 13.1. The molecule has 4 rings (SSSR count). The van der Waals surface area contributed by atoms with Gasteiger partial charge in [0.15, 0.2) is 5.69 Å². The van der Waals surface area contributed by atoms with Crippen molar-refractivity contribution < 1.29 is 31.0 Å². The van der Waals surface area contributed by atoms with Crippen LogP contribution in [0.5, 0.6) is 0 Å². The number of nitrogens with one attached hydrogen (secondary N) is 1. The van der Waals surface area contributed by atoms with E-state index in [1.54, 1.807) is 36.0 Å². The molecule has 11 heteroatoms. The number of hydroxylamine groups is 1. The second-order valence-electron chi connectivity index (χ2n) is 6.99. The van der Waals surface area contributed by atoms with E-state index in [1.807, 2.05) is 17.6 Å². The van der Waals surface area contributed by atoms with E-state index in [-0.39, 0.29) is 10.3 Å². The number of ether oxygens (including phenoxy) is 1. The average Bonchev–Trinajstić information content (AvgIpc) is 3.50. The van der Waals surface area contributed by atoms with Crippen LogP contribution in [-0.4, -0.2) is 42.9 Å². The molecular weight excluding hydrogens is 559 g/mol. The fourth-order valence-electron chi connectivity index (χ4n) is 2.63. The number of esters is 1. The SMILES string of the molecule is CC(=O)NO[As](=O)(OO)c1ccccc1.CCOC(=O)c1cscn1.c1ccc(-c2ccccc2)cc1. The summed E-state index contributed by atoms with van der Waals surface area (Å²) in [6, 6.07) is 28.7. The van der Waals surface area contributed by atoms with E-state index < -0.39 is 20.1 Å². The normalized spacial score (nSPS) is 11.4. The molecule has 1 unspecified atom stereocenters. The van der Waals surface area contributed by atoms with Crippen LogP contribution in [0.15, 0.2) is 102 Å². The molecule has 0 saturated heterocycles. The summed E-state index contributed by atoms with van der Waals surface area (Å²) in [5, 5.41) is 10.2. The van der Waals surface area contributed by atoms with Crippen molar-refractivity contribution in [3.05, 3.63) is 108 Å². The summed E-state index contributed by atoms with van der Waals surface area (Å²) in [4.78, 5) is 25.2. The maximum atomic E-state index is 11.8. The Morgan fingerprint density at radius 1 is 0.919 bits per heavy atom. The molecule has 0 spiro atoms. The number of hydrogen-bond donors (Lipinski definition) is 2. The summed E-state index contributed by atoms with van der Waals surface area (Å²) in [5.74, 6) is -0.881. The van der Waals surface area contributed by atoms with Gasteiger partial charge in [0.2, 0.25) is 0 Å². The quantitative estimate of drug-likeness (QED) is 0.141. The third kappa shape index (κ3) is 10.5. The summed E-state index contributed by atoms with van der Waals surface area (Å²) in [6.45, 7) is 3.35. The number of hydrogen-bond acceptors (Lipinski definition) is 9. The number of thiazole rings is 1. The number of nitrogens with zero attached hydrogens (tertiary/aromatic N) is 1. The zero-order valence-electron chi connectivity index (χ0n) is 20.2. The maximum Gasteiger partial charge on any atom is 0.357 e. The van der Waals surface area contributed by atoms with Gasteiger partial charge in [0.1, 0.15) is 0 Å². The first-order valence-electron chi connectivity index (χ1n) is 11.0. The van der Waals surface area contributed by atoms with Gasteiger partial charge < -0.3 is 4.74 Å². The second kappa shape index (κ2) is 16.3. The first kappa shape index (κ1) is 29.7. The number of rotatable bonds is 7. The van der Waals surface area contributed by atoms with Gasteiger partial charge in [0, 0.05) is 5.38 Å². The second-order valence-corrected chi connectivity index (χ2v) is 11.6. The minimum Gasteiger partial charge on any atom is -0.461 e. The molecule has 0 fully saturated rings. The van der Waals surface area contributed by atoms with Crippen LogP contribution < -0.4 is 9.83 Å². The first-order chi connectivity index (χ1) is 17.9. The summed E-state index contributed by atoms with van der Waals surface area (Å²) >= 11 is -3.17. The molecule has 1 atom stereocenters. The molecule has 1 amide bonds. The van der Waals surface area contributed by atoms with Crippen LogP contribution in [0.3, 0.4) is 0 Å². The van der Waals surface area contributed by atoms with Crippen LogP contribution in [0.4, 0.5) is 0 Å². The number of aromatic nitrogens is 1. The Bertz CT molecular complexity index is 1200. The van der Waals surface area contributed by atoms with Gasteiger partial charge in [-0.05, 0) is 18.1 Å². The van der Waals surface area contributed by atoms with Crippen LogP contribution >= 0.6 is 11.3 Å². The molecule has 1 aromatic heterocycles. The molecule has 0 bridgehead atoms. The van der Waals surface area contributed by atoms with Crippen molar-refractivity contribution in [3.8, 4) is 11.1 Å². The molecule has 1 heterocycles. The number of amides is 1. The van der Waals surface area contributed by atoms with Crippen LogP contribution in [0.25, 0.3) is 11.1 Å². The zero-order chi connectivity index (χ0) is 26.9. The standard InChI is InChI=1S/C12H10.C8H10AsNO5.C6H7NO2S/c1-3-7-11(8-4-1)12-9-5-2-6-10-12;1-7(11)10-14-9(12,15-13)8-5-3-2-4-6-8;1-2-9-6(8)5-3-10-4-7-5/h1-10H;2-6,13H,1H3,(H,10,11);3-4H,2H2,1H3. The average molecular weight is 586 g/mol. The van der Waals surface area contributed by atoms with E-state index in [9.17, 15) is 13.3 Å². The molecule has 0 aliphatic heterocycles.